The summed E-state index contributed by atoms with van der Waals surface area (Å²) in [5.41, 5.74) is 2.26. The zero-order valence-corrected chi connectivity index (χ0v) is 18.4. The van der Waals surface area contributed by atoms with E-state index in [0.29, 0.717) is 16.6 Å². The first-order chi connectivity index (χ1) is 14.7. The first-order valence-corrected chi connectivity index (χ1v) is 11.9. The van der Waals surface area contributed by atoms with E-state index in [9.17, 15) is 13.2 Å². The Morgan fingerprint density at radius 1 is 1.16 bits per heavy atom. The minimum Gasteiger partial charge on any atom is -0.349 e. The molecule has 3 N–H and O–H groups in total. The largest absolute Gasteiger partial charge is 0.349 e. The van der Waals surface area contributed by atoms with Gasteiger partial charge in [0, 0.05) is 5.39 Å². The van der Waals surface area contributed by atoms with Crippen molar-refractivity contribution < 1.29 is 13.2 Å². The van der Waals surface area contributed by atoms with Crippen LogP contribution in [0.2, 0.25) is 0 Å². The van der Waals surface area contributed by atoms with E-state index in [1.54, 1.807) is 16.6 Å². The molecule has 4 aromatic rings. The van der Waals surface area contributed by atoms with Crippen molar-refractivity contribution in [1.82, 2.24) is 24.9 Å². The van der Waals surface area contributed by atoms with E-state index in [1.165, 1.54) is 23.9 Å². The number of nitrogens with one attached hydrogen (secondary N) is 1. The number of fused-ring (bicyclic) bond motifs is 3. The second kappa shape index (κ2) is 8.25. The molecule has 1 unspecified atom stereocenters. The lowest BCUT2D eigenvalue weighted by molar-refractivity contribution is -0.119. The molecule has 31 heavy (non-hydrogen) atoms. The van der Waals surface area contributed by atoms with Gasteiger partial charge in [0.25, 0.3) is 0 Å². The van der Waals surface area contributed by atoms with Crippen molar-refractivity contribution in [2.24, 2.45) is 5.14 Å². The summed E-state index contributed by atoms with van der Waals surface area (Å²) in [5.74, 6) is 0.577. The average Bonchev–Trinajstić information content (AvgIpc) is 3.13. The number of nitrogens with two attached hydrogens (primary N) is 1. The average molecular weight is 457 g/mol. The topological polar surface area (TPSA) is 132 Å². The third kappa shape index (κ3) is 4.53. The van der Waals surface area contributed by atoms with E-state index < -0.39 is 10.0 Å². The molecule has 160 valence electrons. The molecular formula is C20H20N6O3S2. The maximum absolute atomic E-state index is 12.5. The van der Waals surface area contributed by atoms with Gasteiger partial charge in [-0.2, -0.15) is 4.52 Å². The number of para-hydroxylation sites is 1. The Kier molecular flexibility index (Phi) is 5.65. The SMILES string of the molecule is Cc1nc2c3ccccc3nc(SCC(=O)NC(C)c3ccc(S(N)(=O)=O)cc3)n2n1. The van der Waals surface area contributed by atoms with Crippen molar-refractivity contribution in [3.8, 4) is 0 Å². The highest BCUT2D eigenvalue weighted by molar-refractivity contribution is 7.99. The number of thioether (sulfide) groups is 1. The van der Waals surface area contributed by atoms with Crippen molar-refractivity contribution in [3.63, 3.8) is 0 Å². The van der Waals surface area contributed by atoms with Crippen LogP contribution in [-0.2, 0) is 14.8 Å². The fraction of sp³-hybridized carbons (Fsp3) is 0.200. The van der Waals surface area contributed by atoms with Crippen molar-refractivity contribution in [1.29, 1.82) is 0 Å². The van der Waals surface area contributed by atoms with Gasteiger partial charge in [0.2, 0.25) is 15.9 Å². The molecule has 0 aliphatic rings. The van der Waals surface area contributed by atoms with Crippen LogP contribution < -0.4 is 10.5 Å². The zero-order valence-electron chi connectivity index (χ0n) is 16.8. The van der Waals surface area contributed by atoms with Crippen LogP contribution in [0.25, 0.3) is 16.6 Å². The molecule has 0 aliphatic carbocycles. The summed E-state index contributed by atoms with van der Waals surface area (Å²) >= 11 is 1.27. The van der Waals surface area contributed by atoms with Crippen LogP contribution in [0, 0.1) is 6.92 Å². The Hall–Kier alpha value is -3.02. The number of primary sulfonamides is 1. The molecular weight excluding hydrogens is 436 g/mol. The summed E-state index contributed by atoms with van der Waals surface area (Å²) in [5, 5.41) is 13.9. The second-order valence-corrected chi connectivity index (χ2v) is 9.50. The molecule has 2 heterocycles. The van der Waals surface area contributed by atoms with E-state index in [-0.39, 0.29) is 22.6 Å². The molecule has 11 heteroatoms. The molecule has 9 nitrogen and oxygen atoms in total. The monoisotopic (exact) mass is 456 g/mol. The van der Waals surface area contributed by atoms with Crippen molar-refractivity contribution >= 4 is 44.2 Å². The number of hydrogen-bond donors (Lipinski definition) is 2. The lowest BCUT2D eigenvalue weighted by Crippen LogP contribution is -2.28. The fourth-order valence-electron chi connectivity index (χ4n) is 3.17. The van der Waals surface area contributed by atoms with E-state index in [1.807, 2.05) is 38.1 Å². The van der Waals surface area contributed by atoms with Crippen LogP contribution in [0.5, 0.6) is 0 Å². The quantitative estimate of drug-likeness (QED) is 0.336. The standard InChI is InChI=1S/C20H20N6O3S2/c1-12(14-7-9-15(10-8-14)31(21,28)29)22-18(27)11-30-20-24-17-6-4-3-5-16(17)19-23-13(2)25-26(19)20/h3-10,12H,11H2,1-2H3,(H,22,27)(H2,21,28,29). The molecule has 4 rings (SSSR count). The maximum atomic E-state index is 12.5. The molecule has 2 aromatic heterocycles. The van der Waals surface area contributed by atoms with Gasteiger partial charge < -0.3 is 5.32 Å². The Labute approximate surface area is 183 Å². The zero-order chi connectivity index (χ0) is 22.2. The number of aromatic nitrogens is 4. The molecule has 1 amide bonds. The molecule has 2 aromatic carbocycles. The first-order valence-electron chi connectivity index (χ1n) is 9.39. The summed E-state index contributed by atoms with van der Waals surface area (Å²) in [6.45, 7) is 3.63. The number of carbonyl (C=O) groups excluding carboxylic acids is 1. The molecule has 0 saturated heterocycles. The van der Waals surface area contributed by atoms with Gasteiger partial charge in [-0.05, 0) is 43.7 Å². The van der Waals surface area contributed by atoms with Gasteiger partial charge in [-0.15, -0.1) is 5.10 Å². The van der Waals surface area contributed by atoms with Crippen molar-refractivity contribution in [3.05, 3.63) is 59.9 Å². The lowest BCUT2D eigenvalue weighted by Gasteiger charge is -2.14. The van der Waals surface area contributed by atoms with E-state index in [0.717, 1.165) is 16.5 Å². The lowest BCUT2D eigenvalue weighted by atomic mass is 10.1. The minimum absolute atomic E-state index is 0.0276. The Bertz CT molecular complexity index is 1380. The van der Waals surface area contributed by atoms with Crippen LogP contribution in [-0.4, -0.2) is 39.7 Å². The van der Waals surface area contributed by atoms with Crippen LogP contribution in [0.15, 0.2) is 58.6 Å². The number of amides is 1. The number of benzene rings is 2. The van der Waals surface area contributed by atoms with Crippen LogP contribution in [0.4, 0.5) is 0 Å². The van der Waals surface area contributed by atoms with Gasteiger partial charge in [0.15, 0.2) is 10.8 Å². The summed E-state index contributed by atoms with van der Waals surface area (Å²) < 4.78 is 24.4. The van der Waals surface area contributed by atoms with Crippen LogP contribution >= 0.6 is 11.8 Å². The summed E-state index contributed by atoms with van der Waals surface area (Å²) in [7, 11) is -3.75. The van der Waals surface area contributed by atoms with Crippen molar-refractivity contribution in [2.75, 3.05) is 5.75 Å². The van der Waals surface area contributed by atoms with E-state index in [4.69, 9.17) is 5.14 Å². The van der Waals surface area contributed by atoms with Gasteiger partial charge in [-0.1, -0.05) is 36.0 Å². The predicted octanol–water partition coefficient (Wildman–Crippen LogP) is 2.20. The second-order valence-electron chi connectivity index (χ2n) is 7.00. The summed E-state index contributed by atoms with van der Waals surface area (Å²) in [6.07, 6.45) is 0. The smallest absolute Gasteiger partial charge is 0.238 e. The third-order valence-electron chi connectivity index (χ3n) is 4.67. The normalized spacial score (nSPS) is 12.9. The fourth-order valence-corrected chi connectivity index (χ4v) is 4.44. The molecule has 0 radical (unpaired) electrons. The minimum atomic E-state index is -3.75. The highest BCUT2D eigenvalue weighted by Crippen LogP contribution is 2.24. The number of hydrogen-bond acceptors (Lipinski definition) is 7. The molecule has 0 bridgehead atoms. The molecule has 0 aliphatic heterocycles. The van der Waals surface area contributed by atoms with Gasteiger partial charge in [-0.3, -0.25) is 4.79 Å². The van der Waals surface area contributed by atoms with Gasteiger partial charge in [-0.25, -0.2) is 23.5 Å². The Morgan fingerprint density at radius 2 is 1.87 bits per heavy atom. The van der Waals surface area contributed by atoms with Crippen LogP contribution in [0.3, 0.4) is 0 Å². The number of rotatable bonds is 6. The number of sulfonamides is 1. The first kappa shape index (κ1) is 21.2. The number of aryl methyl sites for hydroxylation is 1. The molecule has 0 saturated carbocycles. The maximum Gasteiger partial charge on any atom is 0.238 e. The highest BCUT2D eigenvalue weighted by atomic mass is 32.2. The molecule has 1 atom stereocenters. The number of nitrogens with zero attached hydrogens (tertiary/aromatic N) is 4. The Morgan fingerprint density at radius 3 is 2.58 bits per heavy atom. The predicted molar refractivity (Wildman–Crippen MR) is 118 cm³/mol. The number of carbonyl (C=O) groups is 1. The van der Waals surface area contributed by atoms with Crippen molar-refractivity contribution in [2.45, 2.75) is 29.9 Å². The summed E-state index contributed by atoms with van der Waals surface area (Å²) in [6, 6.07) is 13.5. The third-order valence-corrected chi connectivity index (χ3v) is 6.53. The van der Waals surface area contributed by atoms with Crippen LogP contribution in [0.1, 0.15) is 24.4 Å². The van der Waals surface area contributed by atoms with Gasteiger partial charge in [0.1, 0.15) is 5.82 Å². The molecule has 0 spiro atoms. The van der Waals surface area contributed by atoms with Gasteiger partial charge in [0.05, 0.1) is 22.2 Å². The Balaban J connectivity index is 1.48. The highest BCUT2D eigenvalue weighted by Gasteiger charge is 2.16. The van der Waals surface area contributed by atoms with E-state index in [2.05, 4.69) is 20.4 Å². The van der Waals surface area contributed by atoms with Gasteiger partial charge >= 0.3 is 0 Å². The molecule has 0 fully saturated rings. The van der Waals surface area contributed by atoms with E-state index >= 15 is 0 Å². The summed E-state index contributed by atoms with van der Waals surface area (Å²) in [4.78, 5) is 21.7.